The molecule has 0 saturated carbocycles. The molecule has 0 atom stereocenters. The van der Waals surface area contributed by atoms with E-state index in [1.54, 1.807) is 29.6 Å². The molecule has 2 aromatic heterocycles. The number of rotatable bonds is 5. The van der Waals surface area contributed by atoms with E-state index in [4.69, 9.17) is 4.74 Å². The lowest BCUT2D eigenvalue weighted by molar-refractivity contribution is 0.0857. The molecule has 138 valence electrons. The van der Waals surface area contributed by atoms with Gasteiger partial charge < -0.3 is 20.3 Å². The van der Waals surface area contributed by atoms with E-state index in [2.05, 4.69) is 20.6 Å². The molecule has 2 N–H and O–H groups in total. The Morgan fingerprint density at radius 3 is 2.88 bits per heavy atom. The van der Waals surface area contributed by atoms with Crippen LogP contribution in [0.15, 0.2) is 29.9 Å². The fraction of sp³-hybridized carbons (Fsp3) is 0.412. The zero-order chi connectivity index (χ0) is 18.4. The van der Waals surface area contributed by atoms with E-state index >= 15 is 0 Å². The van der Waals surface area contributed by atoms with Crippen LogP contribution in [0.5, 0.6) is 0 Å². The lowest BCUT2D eigenvalue weighted by Gasteiger charge is -2.31. The van der Waals surface area contributed by atoms with Crippen LogP contribution in [0.2, 0.25) is 0 Å². The third kappa shape index (κ3) is 4.69. The molecule has 2 amide bonds. The number of nitrogens with zero attached hydrogens (tertiary/aromatic N) is 3. The molecule has 0 aromatic carbocycles. The van der Waals surface area contributed by atoms with E-state index in [9.17, 15) is 9.59 Å². The summed E-state index contributed by atoms with van der Waals surface area (Å²) in [5.74, 6) is -0.199. The summed E-state index contributed by atoms with van der Waals surface area (Å²) in [6.07, 6.45) is 4.51. The molecule has 26 heavy (non-hydrogen) atoms. The van der Waals surface area contributed by atoms with E-state index in [1.165, 1.54) is 11.3 Å². The van der Waals surface area contributed by atoms with Crippen molar-refractivity contribution in [2.75, 3.05) is 25.0 Å². The summed E-state index contributed by atoms with van der Waals surface area (Å²) in [5.41, 5.74) is 1.20. The van der Waals surface area contributed by atoms with Crippen molar-refractivity contribution in [3.63, 3.8) is 0 Å². The van der Waals surface area contributed by atoms with Gasteiger partial charge in [0.15, 0.2) is 5.13 Å². The van der Waals surface area contributed by atoms with Crippen molar-refractivity contribution in [2.45, 2.75) is 25.8 Å². The van der Waals surface area contributed by atoms with Gasteiger partial charge in [-0.05, 0) is 31.9 Å². The highest BCUT2D eigenvalue weighted by molar-refractivity contribution is 7.14. The smallest absolute Gasteiger partial charge is 0.409 e. The fourth-order valence-electron chi connectivity index (χ4n) is 2.68. The van der Waals surface area contributed by atoms with Gasteiger partial charge in [-0.25, -0.2) is 9.78 Å². The Balaban J connectivity index is 1.49. The minimum absolute atomic E-state index is 0.0320. The van der Waals surface area contributed by atoms with Crippen molar-refractivity contribution in [3.05, 3.63) is 35.6 Å². The molecule has 2 aromatic rings. The van der Waals surface area contributed by atoms with E-state index in [1.807, 2.05) is 12.1 Å². The number of ether oxygens (including phenoxy) is 1. The first kappa shape index (κ1) is 18.1. The van der Waals surface area contributed by atoms with Crippen LogP contribution in [-0.4, -0.2) is 52.6 Å². The number of amides is 2. The van der Waals surface area contributed by atoms with E-state index < -0.39 is 0 Å². The zero-order valence-corrected chi connectivity index (χ0v) is 15.3. The number of piperidine rings is 1. The van der Waals surface area contributed by atoms with Gasteiger partial charge in [-0.15, -0.1) is 11.3 Å². The van der Waals surface area contributed by atoms with Gasteiger partial charge in [-0.3, -0.25) is 9.78 Å². The third-order valence-electron chi connectivity index (χ3n) is 4.01. The molecule has 0 unspecified atom stereocenters. The molecule has 9 heteroatoms. The number of anilines is 2. The highest BCUT2D eigenvalue weighted by atomic mass is 32.1. The van der Waals surface area contributed by atoms with Gasteiger partial charge in [0.25, 0.3) is 5.91 Å². The Kier molecular flexibility index (Phi) is 6.00. The van der Waals surface area contributed by atoms with Gasteiger partial charge in [-0.1, -0.05) is 0 Å². The molecular formula is C17H21N5O3S. The Morgan fingerprint density at radius 1 is 1.38 bits per heavy atom. The molecule has 1 aliphatic rings. The number of carbonyl (C=O) groups is 2. The first-order valence-corrected chi connectivity index (χ1v) is 9.39. The summed E-state index contributed by atoms with van der Waals surface area (Å²) in [6, 6.07) is 3.74. The summed E-state index contributed by atoms with van der Waals surface area (Å²) >= 11 is 1.36. The number of aromatic nitrogens is 2. The predicted molar refractivity (Wildman–Crippen MR) is 98.7 cm³/mol. The maximum atomic E-state index is 12.4. The monoisotopic (exact) mass is 375 g/mol. The Bertz CT molecular complexity index is 744. The largest absolute Gasteiger partial charge is 0.450 e. The number of nitrogens with one attached hydrogen (secondary N) is 2. The van der Waals surface area contributed by atoms with Crippen molar-refractivity contribution < 1.29 is 14.3 Å². The second-order valence-electron chi connectivity index (χ2n) is 5.84. The number of hydrogen-bond acceptors (Lipinski definition) is 7. The van der Waals surface area contributed by atoms with Crippen LogP contribution in [0, 0.1) is 0 Å². The van der Waals surface area contributed by atoms with Crippen LogP contribution in [-0.2, 0) is 4.74 Å². The molecule has 1 aliphatic heterocycles. The van der Waals surface area contributed by atoms with Crippen LogP contribution in [0.3, 0.4) is 0 Å². The lowest BCUT2D eigenvalue weighted by Crippen LogP contribution is -2.46. The van der Waals surface area contributed by atoms with Crippen LogP contribution >= 0.6 is 11.3 Å². The van der Waals surface area contributed by atoms with Crippen molar-refractivity contribution in [2.24, 2.45) is 0 Å². The molecule has 8 nitrogen and oxygen atoms in total. The van der Waals surface area contributed by atoms with Crippen molar-refractivity contribution in [3.8, 4) is 0 Å². The van der Waals surface area contributed by atoms with Gasteiger partial charge in [0.2, 0.25) is 0 Å². The topological polar surface area (TPSA) is 96.5 Å². The summed E-state index contributed by atoms with van der Waals surface area (Å²) in [5, 5.41) is 8.47. The average molecular weight is 375 g/mol. The third-order valence-corrected chi connectivity index (χ3v) is 4.76. The minimum atomic E-state index is -0.289. The zero-order valence-electron chi connectivity index (χ0n) is 14.5. The lowest BCUT2D eigenvalue weighted by atomic mass is 10.1. The molecule has 3 heterocycles. The van der Waals surface area contributed by atoms with Gasteiger partial charge in [0.1, 0.15) is 5.69 Å². The maximum absolute atomic E-state index is 12.4. The van der Waals surface area contributed by atoms with Gasteiger partial charge in [-0.2, -0.15) is 0 Å². The molecule has 1 saturated heterocycles. The minimum Gasteiger partial charge on any atom is -0.450 e. The molecule has 0 radical (unpaired) electrons. The fourth-order valence-corrected chi connectivity index (χ4v) is 3.39. The van der Waals surface area contributed by atoms with Crippen molar-refractivity contribution >= 4 is 34.2 Å². The highest BCUT2D eigenvalue weighted by Gasteiger charge is 2.25. The normalized spacial score (nSPS) is 14.7. The SMILES string of the molecule is CCOC(=O)N1CCC(NC(=O)c2csc(Nc3cccnc3)n2)CC1. The van der Waals surface area contributed by atoms with Crippen LogP contribution in [0.4, 0.5) is 15.6 Å². The molecule has 0 spiro atoms. The number of likely N-dealkylation sites (tertiary alicyclic amines) is 1. The standard InChI is InChI=1S/C17H21N5O3S/c1-2-25-17(24)22-8-5-12(6-9-22)19-15(23)14-11-26-16(21-14)20-13-4-3-7-18-10-13/h3-4,7,10-12H,2,5-6,8-9H2,1H3,(H,19,23)(H,20,21). The molecule has 0 aliphatic carbocycles. The van der Waals surface area contributed by atoms with Gasteiger partial charge >= 0.3 is 6.09 Å². The highest BCUT2D eigenvalue weighted by Crippen LogP contribution is 2.20. The van der Waals surface area contributed by atoms with Crippen LogP contribution < -0.4 is 10.6 Å². The number of pyridine rings is 1. The average Bonchev–Trinajstić information content (AvgIpc) is 3.12. The summed E-state index contributed by atoms with van der Waals surface area (Å²) in [7, 11) is 0. The second-order valence-corrected chi connectivity index (χ2v) is 6.70. The molecule has 1 fully saturated rings. The second kappa shape index (κ2) is 8.61. The van der Waals surface area contributed by atoms with E-state index in [0.717, 1.165) is 5.69 Å². The molecule has 0 bridgehead atoms. The van der Waals surface area contributed by atoms with Crippen molar-refractivity contribution in [1.29, 1.82) is 0 Å². The molecule has 3 rings (SSSR count). The maximum Gasteiger partial charge on any atom is 0.409 e. The van der Waals surface area contributed by atoms with Crippen molar-refractivity contribution in [1.82, 2.24) is 20.2 Å². The number of carbonyl (C=O) groups excluding carboxylic acids is 2. The summed E-state index contributed by atoms with van der Waals surface area (Å²) in [6.45, 7) is 3.31. The first-order valence-electron chi connectivity index (χ1n) is 8.51. The van der Waals surface area contributed by atoms with E-state index in [0.29, 0.717) is 43.4 Å². The quantitative estimate of drug-likeness (QED) is 0.834. The summed E-state index contributed by atoms with van der Waals surface area (Å²) in [4.78, 5) is 34.1. The Morgan fingerprint density at radius 2 is 2.19 bits per heavy atom. The van der Waals surface area contributed by atoms with Crippen LogP contribution in [0.25, 0.3) is 0 Å². The van der Waals surface area contributed by atoms with Crippen LogP contribution in [0.1, 0.15) is 30.3 Å². The first-order chi connectivity index (χ1) is 12.7. The van der Waals surface area contributed by atoms with Gasteiger partial charge in [0.05, 0.1) is 18.5 Å². The number of hydrogen-bond donors (Lipinski definition) is 2. The summed E-state index contributed by atoms with van der Waals surface area (Å²) < 4.78 is 5.00. The molecular weight excluding hydrogens is 354 g/mol. The number of thiazole rings is 1. The van der Waals surface area contributed by atoms with E-state index in [-0.39, 0.29) is 18.0 Å². The van der Waals surface area contributed by atoms with Gasteiger partial charge in [0, 0.05) is 30.7 Å². The Hall–Kier alpha value is -2.68. The predicted octanol–water partition coefficient (Wildman–Crippen LogP) is 2.63. The Labute approximate surface area is 155 Å².